The van der Waals surface area contributed by atoms with Crippen LogP contribution in [0.3, 0.4) is 0 Å². The fourth-order valence-corrected chi connectivity index (χ4v) is 13.4. The van der Waals surface area contributed by atoms with Crippen LogP contribution in [0.5, 0.6) is 0 Å². The first-order chi connectivity index (χ1) is 39.7. The first kappa shape index (κ1) is 45.8. The molecule has 0 aliphatic rings. The van der Waals surface area contributed by atoms with E-state index in [-0.39, 0.29) is 0 Å². The summed E-state index contributed by atoms with van der Waals surface area (Å²) in [6, 6.07) is 113. The lowest BCUT2D eigenvalue weighted by atomic mass is 9.79. The summed E-state index contributed by atoms with van der Waals surface area (Å²) in [5.41, 5.74) is 17.2. The second-order valence-electron chi connectivity index (χ2n) is 21.4. The Kier molecular flexibility index (Phi) is 10.7. The molecule has 0 heterocycles. The van der Waals surface area contributed by atoms with E-state index >= 15 is 0 Å². The van der Waals surface area contributed by atoms with Crippen molar-refractivity contribution in [1.82, 2.24) is 0 Å². The van der Waals surface area contributed by atoms with Gasteiger partial charge in [0.05, 0.1) is 0 Å². The fraction of sp³-hybridized carbons (Fsp3) is 0. The van der Waals surface area contributed by atoms with E-state index in [4.69, 9.17) is 0 Å². The largest absolute Gasteiger partial charge is 0.0616 e. The standard InChI is InChI=1S/C80H50/c1-3-23-59-49-75(73(47-57(59)21-1)55-43-39-53(40-44-55)63-37-17-25-51-19-5-7-27-61(51)63)77-65-29-9-13-33-69(65)79(70-34-14-10-30-66(70)77)80-71-35-15-11-31-67(71)78(68-32-12-16-36-72(68)80)76-50-60-24-4-2-22-58(60)48-74(76)56-45-41-54(42-46-56)64-38-18-26-52-20-6-8-28-62(52)64/h1-50H. The Morgan fingerprint density at radius 1 is 0.125 bits per heavy atom. The Hall–Kier alpha value is -10.4. The highest BCUT2D eigenvalue weighted by Crippen LogP contribution is 2.53. The molecule has 0 heteroatoms. The smallest absolute Gasteiger partial charge is 0.00139 e. The SMILES string of the molecule is c1ccc2cc(-c3c4ccccc4c(-c4c5ccccc5c(-c5cc6ccccc6cc5-c5ccc(-c6cccc7ccccc67)cc5)c5ccccc45)c4ccccc34)c(-c3ccc(-c4cccc5ccccc45)cc3)cc2c1. The Morgan fingerprint density at radius 3 is 0.637 bits per heavy atom. The number of hydrogen-bond acceptors (Lipinski definition) is 0. The first-order valence-corrected chi connectivity index (χ1v) is 27.8. The molecule has 0 aliphatic heterocycles. The lowest BCUT2D eigenvalue weighted by Crippen LogP contribution is -1.96. The number of rotatable bonds is 7. The molecule has 0 spiro atoms. The number of benzene rings is 16. The normalized spacial score (nSPS) is 11.8. The van der Waals surface area contributed by atoms with Crippen molar-refractivity contribution in [1.29, 1.82) is 0 Å². The lowest BCUT2D eigenvalue weighted by molar-refractivity contribution is 1.61. The summed E-state index contributed by atoms with van der Waals surface area (Å²) < 4.78 is 0. The Bertz CT molecular complexity index is 4700. The molecule has 0 saturated carbocycles. The topological polar surface area (TPSA) is 0 Å². The van der Waals surface area contributed by atoms with Gasteiger partial charge in [-0.1, -0.05) is 279 Å². The molecular formula is C80H50. The lowest BCUT2D eigenvalue weighted by Gasteiger charge is -2.24. The van der Waals surface area contributed by atoms with Gasteiger partial charge in [-0.25, -0.2) is 0 Å². The van der Waals surface area contributed by atoms with Gasteiger partial charge in [0.1, 0.15) is 0 Å². The van der Waals surface area contributed by atoms with Gasteiger partial charge in [-0.05, 0) is 188 Å². The summed E-state index contributed by atoms with van der Waals surface area (Å²) in [4.78, 5) is 0. The van der Waals surface area contributed by atoms with Crippen molar-refractivity contribution < 1.29 is 0 Å². The highest BCUT2D eigenvalue weighted by Gasteiger charge is 2.25. The van der Waals surface area contributed by atoms with Crippen molar-refractivity contribution in [2.75, 3.05) is 0 Å². The van der Waals surface area contributed by atoms with E-state index in [0.717, 1.165) is 0 Å². The highest BCUT2D eigenvalue weighted by atomic mass is 14.3. The van der Waals surface area contributed by atoms with Gasteiger partial charge in [0.2, 0.25) is 0 Å². The number of hydrogen-bond donors (Lipinski definition) is 0. The predicted octanol–water partition coefficient (Wildman–Crippen LogP) is 22.6. The van der Waals surface area contributed by atoms with Crippen molar-refractivity contribution in [2.24, 2.45) is 0 Å². The van der Waals surface area contributed by atoms with E-state index in [1.54, 1.807) is 0 Å². The molecular weight excluding hydrogens is 961 g/mol. The minimum Gasteiger partial charge on any atom is -0.0616 e. The number of fused-ring (bicyclic) bond motifs is 8. The zero-order chi connectivity index (χ0) is 52.7. The third kappa shape index (κ3) is 7.38. The Labute approximate surface area is 464 Å². The molecule has 0 saturated heterocycles. The van der Waals surface area contributed by atoms with E-state index in [9.17, 15) is 0 Å². The summed E-state index contributed by atoms with van der Waals surface area (Å²) in [5, 5.41) is 19.7. The second-order valence-corrected chi connectivity index (χ2v) is 21.4. The van der Waals surface area contributed by atoms with Gasteiger partial charge < -0.3 is 0 Å². The molecule has 0 radical (unpaired) electrons. The maximum absolute atomic E-state index is 2.44. The van der Waals surface area contributed by atoms with E-state index in [2.05, 4.69) is 303 Å². The van der Waals surface area contributed by atoms with Crippen molar-refractivity contribution in [2.45, 2.75) is 0 Å². The minimum absolute atomic E-state index is 1.19. The van der Waals surface area contributed by atoms with Gasteiger partial charge in [-0.15, -0.1) is 0 Å². The third-order valence-electron chi connectivity index (χ3n) is 17.0. The third-order valence-corrected chi connectivity index (χ3v) is 17.0. The van der Waals surface area contributed by atoms with Crippen LogP contribution in [0.1, 0.15) is 0 Å². The molecule has 0 unspecified atom stereocenters. The van der Waals surface area contributed by atoms with Gasteiger partial charge in [-0.2, -0.15) is 0 Å². The first-order valence-electron chi connectivity index (χ1n) is 27.8. The molecule has 0 nitrogen and oxygen atoms in total. The minimum atomic E-state index is 1.19. The second kappa shape index (κ2) is 18.7. The average Bonchev–Trinajstić information content (AvgIpc) is 3.55. The van der Waals surface area contributed by atoms with Crippen LogP contribution in [-0.2, 0) is 0 Å². The molecule has 0 fully saturated rings. The molecule has 370 valence electrons. The summed E-state index contributed by atoms with van der Waals surface area (Å²) in [6.07, 6.45) is 0. The zero-order valence-electron chi connectivity index (χ0n) is 43.9. The van der Waals surface area contributed by atoms with Gasteiger partial charge >= 0.3 is 0 Å². The van der Waals surface area contributed by atoms with Crippen LogP contribution >= 0.6 is 0 Å². The Morgan fingerprint density at radius 2 is 0.338 bits per heavy atom. The van der Waals surface area contributed by atoms with Crippen molar-refractivity contribution in [3.8, 4) is 77.9 Å². The monoisotopic (exact) mass is 1010 g/mol. The summed E-state index contributed by atoms with van der Waals surface area (Å²) in [7, 11) is 0. The molecule has 80 heavy (non-hydrogen) atoms. The quantitative estimate of drug-likeness (QED) is 0.140. The van der Waals surface area contributed by atoms with Gasteiger partial charge in [0.15, 0.2) is 0 Å². The molecule has 0 aliphatic carbocycles. The molecule has 16 rings (SSSR count). The predicted molar refractivity (Wildman–Crippen MR) is 345 cm³/mol. The maximum Gasteiger partial charge on any atom is -0.00139 e. The highest BCUT2D eigenvalue weighted by molar-refractivity contribution is 6.31. The molecule has 0 atom stereocenters. The molecule has 0 N–H and O–H groups in total. The van der Waals surface area contributed by atoms with Crippen LogP contribution < -0.4 is 0 Å². The van der Waals surface area contributed by atoms with Crippen LogP contribution in [0.4, 0.5) is 0 Å². The van der Waals surface area contributed by atoms with Gasteiger partial charge in [-0.3, -0.25) is 0 Å². The van der Waals surface area contributed by atoms with Gasteiger partial charge in [0, 0.05) is 0 Å². The van der Waals surface area contributed by atoms with E-state index in [0.29, 0.717) is 0 Å². The summed E-state index contributed by atoms with van der Waals surface area (Å²) in [6.45, 7) is 0. The van der Waals surface area contributed by atoms with E-state index < -0.39 is 0 Å². The van der Waals surface area contributed by atoms with Crippen LogP contribution in [0.15, 0.2) is 303 Å². The fourth-order valence-electron chi connectivity index (χ4n) is 13.4. The molecule has 16 aromatic rings. The molecule has 0 aromatic heterocycles. The summed E-state index contributed by atoms with van der Waals surface area (Å²) in [5.74, 6) is 0. The molecule has 16 aromatic carbocycles. The Balaban J connectivity index is 0.924. The van der Waals surface area contributed by atoms with Crippen molar-refractivity contribution in [3.05, 3.63) is 303 Å². The van der Waals surface area contributed by atoms with Crippen LogP contribution in [0, 0.1) is 0 Å². The van der Waals surface area contributed by atoms with Crippen LogP contribution in [0.2, 0.25) is 0 Å². The summed E-state index contributed by atoms with van der Waals surface area (Å²) >= 11 is 0. The van der Waals surface area contributed by atoms with Crippen molar-refractivity contribution in [3.63, 3.8) is 0 Å². The van der Waals surface area contributed by atoms with Crippen molar-refractivity contribution >= 4 is 86.2 Å². The van der Waals surface area contributed by atoms with Crippen LogP contribution in [0.25, 0.3) is 164 Å². The molecule has 0 amide bonds. The van der Waals surface area contributed by atoms with Crippen LogP contribution in [-0.4, -0.2) is 0 Å². The molecule has 0 bridgehead atoms. The average molecular weight is 1010 g/mol. The van der Waals surface area contributed by atoms with E-state index in [1.165, 1.54) is 164 Å². The van der Waals surface area contributed by atoms with E-state index in [1.807, 2.05) is 0 Å². The zero-order valence-corrected chi connectivity index (χ0v) is 43.9. The maximum atomic E-state index is 2.44. The van der Waals surface area contributed by atoms with Gasteiger partial charge in [0.25, 0.3) is 0 Å².